The van der Waals surface area contributed by atoms with Gasteiger partial charge in [-0.2, -0.15) is 13.2 Å². The summed E-state index contributed by atoms with van der Waals surface area (Å²) in [6.45, 7) is 2.26. The minimum absolute atomic E-state index is 0.142. The number of β-amino-alcohol motifs (C(OH)–C–C–N with tert-alkyl or cyclic N) is 1. The van der Waals surface area contributed by atoms with E-state index >= 15 is 0 Å². The molecule has 0 amide bonds. The normalized spacial score (nSPS) is 14.5. The van der Waals surface area contributed by atoms with Crippen LogP contribution in [0.2, 0.25) is 0 Å². The van der Waals surface area contributed by atoms with Crippen LogP contribution in [0, 0.1) is 6.92 Å². The smallest absolute Gasteiger partial charge is 0.395 e. The highest BCUT2D eigenvalue weighted by atomic mass is 19.4. The van der Waals surface area contributed by atoms with E-state index in [1.54, 1.807) is 22.8 Å². The molecule has 0 saturated carbocycles. The van der Waals surface area contributed by atoms with Gasteiger partial charge in [0.05, 0.1) is 31.2 Å². The van der Waals surface area contributed by atoms with Gasteiger partial charge in [0, 0.05) is 24.2 Å². The van der Waals surface area contributed by atoms with Crippen LogP contribution in [0.25, 0.3) is 0 Å². The number of anilines is 2. The number of aliphatic hydroxyl groups is 1. The number of hydrogen-bond acceptors (Lipinski definition) is 5. The first-order chi connectivity index (χ1) is 15.3. The monoisotopic (exact) mass is 444 g/mol. The largest absolute Gasteiger partial charge is 0.416 e. The van der Waals surface area contributed by atoms with Gasteiger partial charge in [-0.05, 0) is 30.7 Å². The molecule has 1 N–H and O–H groups in total. The molecule has 0 saturated heterocycles. The Morgan fingerprint density at radius 3 is 2.50 bits per heavy atom. The highest BCUT2D eigenvalue weighted by Gasteiger charge is 2.33. The van der Waals surface area contributed by atoms with Gasteiger partial charge in [0.2, 0.25) is 5.95 Å². The minimum atomic E-state index is -4.49. The van der Waals surface area contributed by atoms with Crippen molar-refractivity contribution in [1.29, 1.82) is 0 Å². The highest BCUT2D eigenvalue weighted by Crippen LogP contribution is 2.34. The first kappa shape index (κ1) is 22.0. The average Bonchev–Trinajstić information content (AvgIpc) is 2.77. The van der Waals surface area contributed by atoms with E-state index in [0.717, 1.165) is 17.7 Å². The molecule has 3 aromatic rings. The van der Waals surface area contributed by atoms with Gasteiger partial charge in [-0.15, -0.1) is 0 Å². The lowest BCUT2D eigenvalue weighted by Crippen LogP contribution is -2.48. The molecule has 0 aliphatic carbocycles. The number of fused-ring (bicyclic) bond motifs is 1. The van der Waals surface area contributed by atoms with E-state index in [1.807, 2.05) is 30.3 Å². The molecule has 9 heteroatoms. The van der Waals surface area contributed by atoms with Gasteiger partial charge in [-0.1, -0.05) is 36.4 Å². The molecule has 0 unspecified atom stereocenters. The summed E-state index contributed by atoms with van der Waals surface area (Å²) in [6.07, 6.45) is -4.08. The first-order valence-electron chi connectivity index (χ1n) is 10.2. The van der Waals surface area contributed by atoms with Crippen LogP contribution >= 0.6 is 0 Å². The van der Waals surface area contributed by atoms with E-state index < -0.39 is 11.7 Å². The molecule has 4 rings (SSSR count). The van der Waals surface area contributed by atoms with Crippen molar-refractivity contribution < 1.29 is 18.3 Å². The van der Waals surface area contributed by atoms with Crippen LogP contribution in [0.5, 0.6) is 0 Å². The van der Waals surface area contributed by atoms with Gasteiger partial charge in [0.1, 0.15) is 0 Å². The topological polar surface area (TPSA) is 61.6 Å². The predicted octanol–water partition coefficient (Wildman–Crippen LogP) is 3.52. The first-order valence-corrected chi connectivity index (χ1v) is 10.2. The summed E-state index contributed by atoms with van der Waals surface area (Å²) in [5.74, 6) is 0.290. The molecule has 0 atom stereocenters. The van der Waals surface area contributed by atoms with Crippen LogP contribution in [0.15, 0.2) is 59.4 Å². The summed E-state index contributed by atoms with van der Waals surface area (Å²) in [4.78, 5) is 21.4. The third kappa shape index (κ3) is 4.39. The molecular weight excluding hydrogens is 421 g/mol. The zero-order valence-electron chi connectivity index (χ0n) is 17.5. The van der Waals surface area contributed by atoms with Crippen LogP contribution in [0.4, 0.5) is 24.8 Å². The second-order valence-corrected chi connectivity index (χ2v) is 7.75. The summed E-state index contributed by atoms with van der Waals surface area (Å²) >= 11 is 0. The number of hydrogen-bond donors (Lipinski definition) is 1. The third-order valence-corrected chi connectivity index (χ3v) is 5.50. The SMILES string of the molecule is Cc1nc2n(c(=O)c1Cc1ccccc1)CN(CCO)CN2c1cccc(C(F)(F)F)c1. The Kier molecular flexibility index (Phi) is 6.03. The van der Waals surface area contributed by atoms with Crippen molar-refractivity contribution >= 4 is 11.6 Å². The Balaban J connectivity index is 1.81. The van der Waals surface area contributed by atoms with Crippen molar-refractivity contribution in [2.24, 2.45) is 0 Å². The van der Waals surface area contributed by atoms with Crippen LogP contribution < -0.4 is 10.5 Å². The average molecular weight is 444 g/mol. The third-order valence-electron chi connectivity index (χ3n) is 5.50. The standard InChI is InChI=1S/C23H23F3N4O2/c1-16-20(12-17-6-3-2-4-7-17)21(32)30-15-28(10-11-31)14-29(22(30)27-16)19-9-5-8-18(13-19)23(24,25)26/h2-9,13,31H,10-12,14-15H2,1H3. The Morgan fingerprint density at radius 2 is 1.81 bits per heavy atom. The Labute approximate surface area is 183 Å². The van der Waals surface area contributed by atoms with Gasteiger partial charge in [-0.25, -0.2) is 4.98 Å². The van der Waals surface area contributed by atoms with Crippen molar-refractivity contribution in [2.75, 3.05) is 24.7 Å². The van der Waals surface area contributed by atoms with E-state index in [1.165, 1.54) is 10.6 Å². The second kappa shape index (κ2) is 8.76. The molecule has 1 aliphatic rings. The molecular formula is C23H23F3N4O2. The maximum Gasteiger partial charge on any atom is 0.416 e. The summed E-state index contributed by atoms with van der Waals surface area (Å²) < 4.78 is 41.3. The number of benzene rings is 2. The lowest BCUT2D eigenvalue weighted by Gasteiger charge is -2.38. The fraction of sp³-hybridized carbons (Fsp3) is 0.304. The number of alkyl halides is 3. The van der Waals surface area contributed by atoms with Gasteiger partial charge < -0.3 is 5.11 Å². The van der Waals surface area contributed by atoms with Crippen molar-refractivity contribution in [3.8, 4) is 0 Å². The fourth-order valence-electron chi connectivity index (χ4n) is 3.86. The van der Waals surface area contributed by atoms with Crippen LogP contribution in [0.1, 0.15) is 22.4 Å². The zero-order chi connectivity index (χ0) is 22.9. The molecule has 168 valence electrons. The van der Waals surface area contributed by atoms with E-state index in [-0.39, 0.29) is 43.7 Å². The maximum absolute atomic E-state index is 13.4. The lowest BCUT2D eigenvalue weighted by molar-refractivity contribution is -0.137. The summed E-state index contributed by atoms with van der Waals surface area (Å²) in [5, 5.41) is 9.43. The van der Waals surface area contributed by atoms with Gasteiger partial charge >= 0.3 is 6.18 Å². The molecule has 1 aliphatic heterocycles. The summed E-state index contributed by atoms with van der Waals surface area (Å²) in [5.41, 5.74) is 1.30. The molecule has 0 bridgehead atoms. The van der Waals surface area contributed by atoms with E-state index in [2.05, 4.69) is 4.98 Å². The number of halogens is 3. The minimum Gasteiger partial charge on any atom is -0.395 e. The quantitative estimate of drug-likeness (QED) is 0.653. The molecule has 0 radical (unpaired) electrons. The summed E-state index contributed by atoms with van der Waals surface area (Å²) in [6, 6.07) is 14.5. The number of rotatable bonds is 5. The fourth-order valence-corrected chi connectivity index (χ4v) is 3.86. The van der Waals surface area contributed by atoms with Gasteiger partial charge in [0.25, 0.3) is 5.56 Å². The summed E-state index contributed by atoms with van der Waals surface area (Å²) in [7, 11) is 0. The number of aromatic nitrogens is 2. The Hall–Kier alpha value is -3.17. The van der Waals surface area contributed by atoms with Gasteiger partial charge in [0.15, 0.2) is 0 Å². The Morgan fingerprint density at radius 1 is 1.06 bits per heavy atom. The molecule has 2 heterocycles. The molecule has 2 aromatic carbocycles. The maximum atomic E-state index is 13.4. The van der Waals surface area contributed by atoms with E-state index in [9.17, 15) is 23.1 Å². The van der Waals surface area contributed by atoms with Crippen molar-refractivity contribution in [3.05, 3.63) is 87.3 Å². The van der Waals surface area contributed by atoms with E-state index in [4.69, 9.17) is 0 Å². The highest BCUT2D eigenvalue weighted by molar-refractivity contribution is 5.60. The van der Waals surface area contributed by atoms with Crippen LogP contribution in [0.3, 0.4) is 0 Å². The number of aryl methyl sites for hydroxylation is 1. The van der Waals surface area contributed by atoms with Crippen LogP contribution in [-0.4, -0.2) is 39.4 Å². The van der Waals surface area contributed by atoms with Crippen molar-refractivity contribution in [3.63, 3.8) is 0 Å². The van der Waals surface area contributed by atoms with Crippen molar-refractivity contribution in [2.45, 2.75) is 26.2 Å². The lowest BCUT2D eigenvalue weighted by atomic mass is 10.1. The molecule has 0 fully saturated rings. The molecule has 6 nitrogen and oxygen atoms in total. The predicted molar refractivity (Wildman–Crippen MR) is 115 cm³/mol. The molecule has 32 heavy (non-hydrogen) atoms. The molecule has 1 aromatic heterocycles. The zero-order valence-corrected chi connectivity index (χ0v) is 17.5. The second-order valence-electron chi connectivity index (χ2n) is 7.75. The van der Waals surface area contributed by atoms with Crippen molar-refractivity contribution in [1.82, 2.24) is 14.5 Å². The van der Waals surface area contributed by atoms with E-state index in [0.29, 0.717) is 17.7 Å². The molecule has 0 spiro atoms. The number of nitrogens with zero attached hydrogens (tertiary/aromatic N) is 4. The van der Waals surface area contributed by atoms with Crippen LogP contribution in [-0.2, 0) is 19.3 Å². The number of aliphatic hydroxyl groups excluding tert-OH is 1. The Bertz CT molecular complexity index is 1160. The van der Waals surface area contributed by atoms with Gasteiger partial charge in [-0.3, -0.25) is 19.2 Å².